The lowest BCUT2D eigenvalue weighted by Gasteiger charge is -2.23. The molecular formula is C29H48N6O2S. The quantitative estimate of drug-likeness (QED) is 0.283. The molecule has 0 N–H and O–H groups in total. The van der Waals surface area contributed by atoms with E-state index in [1.807, 2.05) is 0 Å². The molecule has 3 aliphatic rings. The van der Waals surface area contributed by atoms with Crippen molar-refractivity contribution in [2.45, 2.75) is 78.1 Å². The summed E-state index contributed by atoms with van der Waals surface area (Å²) in [4.78, 5) is 9.68. The van der Waals surface area contributed by atoms with Gasteiger partial charge in [-0.05, 0) is 50.9 Å². The van der Waals surface area contributed by atoms with E-state index in [0.717, 1.165) is 61.6 Å². The Kier molecular flexibility index (Phi) is 8.41. The molecule has 0 saturated heterocycles. The number of aliphatic imine (C=N–C) groups is 2. The van der Waals surface area contributed by atoms with E-state index in [9.17, 15) is 0 Å². The summed E-state index contributed by atoms with van der Waals surface area (Å²) in [5.74, 6) is 0.544. The zero-order valence-corrected chi connectivity index (χ0v) is 23.6. The maximum Gasteiger partial charge on any atom is 0.253 e. The van der Waals surface area contributed by atoms with Crippen LogP contribution in [-0.2, 0) is 4.74 Å². The number of hydrogen-bond acceptors (Lipinski definition) is 9. The van der Waals surface area contributed by atoms with E-state index in [-0.39, 0.29) is 36.7 Å². The molecule has 4 heterocycles. The summed E-state index contributed by atoms with van der Waals surface area (Å²) in [5.41, 5.74) is 0.883. The Hall–Kier alpha value is -2.10. The van der Waals surface area contributed by atoms with Crippen molar-refractivity contribution in [3.05, 3.63) is 23.4 Å². The molecule has 1 aromatic rings. The first-order chi connectivity index (χ1) is 22.8. The summed E-state index contributed by atoms with van der Waals surface area (Å²) < 4.78 is 107. The standard InChI is InChI=1S/C15H25N3O.C14H23N3OS/c1-3-4-5-6-10-19-15-14(16-12-17-15)13-8-7-9-18(2)11-13;1-3-4-5-6-10-18-14-13(15-19-16-14)12-8-7-9-17(2)11-12/h8H,3-7,9-12H2,1-2H3;8H,3-7,9-11H2,1-2H3/i2D3,9D2,11D2;9D2,11D2. The minimum absolute atomic E-state index is 0.00596. The maximum absolute atomic E-state index is 8.31. The third-order valence-corrected chi connectivity index (χ3v) is 6.31. The van der Waals surface area contributed by atoms with Gasteiger partial charge in [-0.1, -0.05) is 64.5 Å². The van der Waals surface area contributed by atoms with E-state index >= 15 is 0 Å². The smallest absolute Gasteiger partial charge is 0.253 e. The number of likely N-dealkylation sites (N-methyl/N-ethyl adjacent to an activating group) is 2. The second-order valence-corrected chi connectivity index (χ2v) is 9.45. The van der Waals surface area contributed by atoms with Gasteiger partial charge in [0.15, 0.2) is 0 Å². The lowest BCUT2D eigenvalue weighted by atomic mass is 10.1. The van der Waals surface area contributed by atoms with Gasteiger partial charge in [0.25, 0.3) is 5.88 Å². The predicted octanol–water partition coefficient (Wildman–Crippen LogP) is 5.87. The molecule has 0 saturated carbocycles. The molecular weight excluding hydrogens is 496 g/mol. The van der Waals surface area contributed by atoms with Crippen LogP contribution in [0.4, 0.5) is 0 Å². The van der Waals surface area contributed by atoms with Crippen LogP contribution in [0.25, 0.3) is 5.57 Å². The van der Waals surface area contributed by atoms with Gasteiger partial charge in [0.2, 0.25) is 5.90 Å². The zero-order valence-electron chi connectivity index (χ0n) is 33.8. The highest BCUT2D eigenvalue weighted by molar-refractivity contribution is 6.99. The van der Waals surface area contributed by atoms with Gasteiger partial charge in [-0.2, -0.15) is 4.37 Å². The topological polar surface area (TPSA) is 75.4 Å². The highest BCUT2D eigenvalue weighted by Gasteiger charge is 2.22. The van der Waals surface area contributed by atoms with E-state index in [1.54, 1.807) is 6.08 Å². The summed E-state index contributed by atoms with van der Waals surface area (Å²) in [7, 11) is 1.44. The Bertz CT molecular complexity index is 1380. The molecule has 0 radical (unpaired) electrons. The molecule has 0 spiro atoms. The van der Waals surface area contributed by atoms with Crippen LogP contribution in [0, 0.1) is 0 Å². The molecule has 0 aromatic carbocycles. The van der Waals surface area contributed by atoms with Crippen LogP contribution in [0.15, 0.2) is 27.7 Å². The Balaban J connectivity index is 0.000000267. The fourth-order valence-electron chi connectivity index (χ4n) is 3.76. The van der Waals surface area contributed by atoms with Gasteiger partial charge in [-0.3, -0.25) is 4.99 Å². The fraction of sp³-hybridized carbons (Fsp3) is 0.724. The molecule has 0 unspecified atom stereocenters. The second kappa shape index (κ2) is 17.5. The van der Waals surface area contributed by atoms with Gasteiger partial charge >= 0.3 is 0 Å². The average molecular weight is 556 g/mol. The van der Waals surface area contributed by atoms with Gasteiger partial charge in [0.05, 0.1) is 24.9 Å². The Morgan fingerprint density at radius 3 is 2.29 bits per heavy atom. The number of unbranched alkanes of at least 4 members (excludes halogenated alkanes) is 6. The first-order valence-electron chi connectivity index (χ1n) is 19.0. The van der Waals surface area contributed by atoms with Gasteiger partial charge in [0.1, 0.15) is 18.1 Å². The molecule has 38 heavy (non-hydrogen) atoms. The molecule has 0 aliphatic carbocycles. The van der Waals surface area contributed by atoms with Crippen molar-refractivity contribution in [2.24, 2.45) is 9.98 Å². The maximum atomic E-state index is 8.31. The van der Waals surface area contributed by atoms with Crippen LogP contribution in [0.5, 0.6) is 5.88 Å². The number of hydrogen-bond donors (Lipinski definition) is 0. The fourth-order valence-corrected chi connectivity index (χ4v) is 4.27. The zero-order chi connectivity index (χ0) is 36.7. The molecule has 4 rings (SSSR count). The van der Waals surface area contributed by atoms with Gasteiger partial charge < -0.3 is 19.3 Å². The highest BCUT2D eigenvalue weighted by atomic mass is 32.1. The molecule has 8 nitrogen and oxygen atoms in total. The van der Waals surface area contributed by atoms with Crippen molar-refractivity contribution < 1.29 is 24.6 Å². The summed E-state index contributed by atoms with van der Waals surface area (Å²) >= 11 is 0.985. The number of ether oxygens (including phenoxy) is 2. The Morgan fingerprint density at radius 2 is 1.55 bits per heavy atom. The van der Waals surface area contributed by atoms with Crippen LogP contribution in [0.3, 0.4) is 0 Å². The minimum Gasteiger partial charge on any atom is -0.476 e. The largest absolute Gasteiger partial charge is 0.476 e. The van der Waals surface area contributed by atoms with Crippen molar-refractivity contribution in [1.29, 1.82) is 0 Å². The Labute approximate surface area is 249 Å². The summed E-state index contributed by atoms with van der Waals surface area (Å²) in [6.07, 6.45) is 11.2. The third kappa shape index (κ3) is 10.2. The third-order valence-electron chi connectivity index (χ3n) is 5.80. The molecule has 9 heteroatoms. The van der Waals surface area contributed by atoms with Crippen molar-refractivity contribution in [2.75, 3.05) is 59.9 Å². The van der Waals surface area contributed by atoms with Crippen molar-refractivity contribution in [1.82, 2.24) is 18.5 Å². The van der Waals surface area contributed by atoms with E-state index in [4.69, 9.17) is 24.6 Å². The van der Waals surface area contributed by atoms with Crippen LogP contribution in [0.2, 0.25) is 0 Å². The van der Waals surface area contributed by atoms with E-state index in [1.165, 1.54) is 19.5 Å². The predicted molar refractivity (Wildman–Crippen MR) is 160 cm³/mol. The van der Waals surface area contributed by atoms with Gasteiger partial charge in [-0.15, -0.1) is 4.37 Å². The van der Waals surface area contributed by atoms with Crippen molar-refractivity contribution in [3.8, 4) is 5.88 Å². The summed E-state index contributed by atoms with van der Waals surface area (Å²) in [5, 5.41) is 0. The lowest BCUT2D eigenvalue weighted by Crippen LogP contribution is -2.31. The summed E-state index contributed by atoms with van der Waals surface area (Å²) in [6, 6.07) is 0. The minimum atomic E-state index is -2.94. The van der Waals surface area contributed by atoms with Crippen molar-refractivity contribution in [3.63, 3.8) is 0 Å². The van der Waals surface area contributed by atoms with E-state index < -0.39 is 33.0 Å². The number of rotatable bonds is 13. The lowest BCUT2D eigenvalue weighted by molar-refractivity contribution is 0.294. The number of nitrogens with zero attached hydrogens (tertiary/aromatic N) is 6. The van der Waals surface area contributed by atoms with Crippen LogP contribution in [0.1, 0.15) is 98.8 Å². The average Bonchev–Trinajstić information content (AvgIpc) is 3.64. The molecule has 0 bridgehead atoms. The van der Waals surface area contributed by atoms with Gasteiger partial charge in [-0.25, -0.2) is 4.99 Å². The van der Waals surface area contributed by atoms with Crippen LogP contribution in [-0.4, -0.2) is 90.0 Å². The SMILES string of the molecule is [2H]C([2H])([2H])N1C([2H])([2H])CC=C(C2=NCN=C2OCCCCCC)C1([2H])[2H].[2H]C1([2H])CC=C(c2nsnc2OCCCCCC)C([2H])([2H])N1C. The van der Waals surface area contributed by atoms with E-state index in [2.05, 4.69) is 32.6 Å². The van der Waals surface area contributed by atoms with Crippen LogP contribution >= 0.6 is 11.7 Å². The molecule has 212 valence electrons. The molecule has 1 aromatic heterocycles. The normalized spacial score (nSPS) is 28.1. The summed E-state index contributed by atoms with van der Waals surface area (Å²) in [6.45, 7) is -6.22. The number of aromatic nitrogens is 2. The molecule has 3 aliphatic heterocycles. The first kappa shape index (κ1) is 18.3. The van der Waals surface area contributed by atoms with E-state index in [0.29, 0.717) is 35.3 Å². The molecule has 0 amide bonds. The molecule has 0 fully saturated rings. The monoisotopic (exact) mass is 555 g/mol. The second-order valence-electron chi connectivity index (χ2n) is 8.93. The van der Waals surface area contributed by atoms with Crippen LogP contribution < -0.4 is 4.74 Å². The van der Waals surface area contributed by atoms with Crippen molar-refractivity contribution >= 4 is 28.9 Å². The Morgan fingerprint density at radius 1 is 0.868 bits per heavy atom. The van der Waals surface area contributed by atoms with Gasteiger partial charge in [0, 0.05) is 41.1 Å². The first-order valence-corrected chi connectivity index (χ1v) is 14.2. The highest BCUT2D eigenvalue weighted by Crippen LogP contribution is 2.27. The molecule has 0 atom stereocenters.